The first-order chi connectivity index (χ1) is 5.08. The molecule has 0 spiro atoms. The summed E-state index contributed by atoms with van der Waals surface area (Å²) in [6.07, 6.45) is 3.71. The molecule has 0 aromatic rings. The third kappa shape index (κ3) is 3.72. The molecule has 1 unspecified atom stereocenters. The molecule has 0 aromatic heterocycles. The summed E-state index contributed by atoms with van der Waals surface area (Å²) in [6, 6.07) is 0. The minimum absolute atomic E-state index is 0.520. The lowest BCUT2D eigenvalue weighted by atomic mass is 10.0. The Hall–Kier alpha value is -0.0900. The molecule has 3 nitrogen and oxygen atoms in total. The number of rotatable bonds is 2. The van der Waals surface area contributed by atoms with Gasteiger partial charge < -0.3 is 5.32 Å². The Morgan fingerprint density at radius 2 is 2.09 bits per heavy atom. The van der Waals surface area contributed by atoms with Gasteiger partial charge >= 0.3 is 0 Å². The van der Waals surface area contributed by atoms with Gasteiger partial charge in [-0.3, -0.25) is 8.99 Å². The molecule has 1 rings (SSSR count). The quantitative estimate of drug-likeness (QED) is 0.649. The molecule has 0 aliphatic carbocycles. The zero-order chi connectivity index (χ0) is 8.32. The van der Waals surface area contributed by atoms with Crippen LogP contribution in [0.25, 0.3) is 0 Å². The Labute approximate surface area is 68.5 Å². The first kappa shape index (κ1) is 9.00. The van der Waals surface area contributed by atoms with Crippen LogP contribution in [-0.4, -0.2) is 29.3 Å². The standard InChI is InChI=1S/C7H16N2OS/c1-11(8,10)6-7-2-4-9-5-3-7/h7-9H,2-6H2,1H3. The van der Waals surface area contributed by atoms with Crippen LogP contribution in [0.4, 0.5) is 0 Å². The molecule has 2 N–H and O–H groups in total. The second-order valence-electron chi connectivity index (χ2n) is 3.37. The van der Waals surface area contributed by atoms with Crippen LogP contribution < -0.4 is 5.32 Å². The van der Waals surface area contributed by atoms with Crippen molar-refractivity contribution in [2.75, 3.05) is 25.1 Å². The number of piperidine rings is 1. The first-order valence-corrected chi connectivity index (χ1v) is 6.13. The van der Waals surface area contributed by atoms with Gasteiger partial charge in [-0.15, -0.1) is 0 Å². The molecule has 0 saturated carbocycles. The van der Waals surface area contributed by atoms with Gasteiger partial charge in [0.25, 0.3) is 0 Å². The fourth-order valence-corrected chi connectivity index (χ4v) is 2.73. The predicted octanol–water partition coefficient (Wildman–Crippen LogP) is 0.663. The molecule has 66 valence electrons. The van der Waals surface area contributed by atoms with E-state index in [-0.39, 0.29) is 0 Å². The van der Waals surface area contributed by atoms with Crippen molar-refractivity contribution >= 4 is 9.73 Å². The summed E-state index contributed by atoms with van der Waals surface area (Å²) in [5.74, 6) is 1.11. The van der Waals surface area contributed by atoms with Crippen LogP contribution >= 0.6 is 0 Å². The highest BCUT2D eigenvalue weighted by Crippen LogP contribution is 2.13. The Kier molecular flexibility index (Phi) is 2.90. The van der Waals surface area contributed by atoms with E-state index in [0.29, 0.717) is 11.7 Å². The number of hydrogen-bond acceptors (Lipinski definition) is 3. The van der Waals surface area contributed by atoms with E-state index < -0.39 is 9.73 Å². The Balaban J connectivity index is 2.36. The predicted molar refractivity (Wildman–Crippen MR) is 47.2 cm³/mol. The van der Waals surface area contributed by atoms with Crippen LogP contribution in [0.2, 0.25) is 0 Å². The number of hydrogen-bond donors (Lipinski definition) is 2. The molecule has 0 radical (unpaired) electrons. The highest BCUT2D eigenvalue weighted by Gasteiger charge is 2.15. The SMILES string of the molecule is CS(=N)(=O)CC1CCNCC1. The third-order valence-corrected chi connectivity index (χ3v) is 3.12. The summed E-state index contributed by atoms with van der Waals surface area (Å²) < 4.78 is 18.4. The van der Waals surface area contributed by atoms with Crippen molar-refractivity contribution in [2.45, 2.75) is 12.8 Å². The van der Waals surface area contributed by atoms with Crippen molar-refractivity contribution in [1.82, 2.24) is 5.32 Å². The second kappa shape index (κ2) is 3.54. The van der Waals surface area contributed by atoms with Gasteiger partial charge in [0.2, 0.25) is 0 Å². The fraction of sp³-hybridized carbons (Fsp3) is 1.00. The molecule has 4 heteroatoms. The van der Waals surface area contributed by atoms with Crippen LogP contribution in [-0.2, 0) is 9.73 Å². The molecule has 0 amide bonds. The van der Waals surface area contributed by atoms with E-state index in [0.717, 1.165) is 25.9 Å². The van der Waals surface area contributed by atoms with E-state index in [4.69, 9.17) is 4.78 Å². The van der Waals surface area contributed by atoms with Crippen molar-refractivity contribution in [3.05, 3.63) is 0 Å². The molecule has 11 heavy (non-hydrogen) atoms. The van der Waals surface area contributed by atoms with Crippen LogP contribution in [0, 0.1) is 10.7 Å². The van der Waals surface area contributed by atoms with E-state index in [1.807, 2.05) is 0 Å². The van der Waals surface area contributed by atoms with Crippen LogP contribution in [0.5, 0.6) is 0 Å². The molecule has 0 aromatic carbocycles. The minimum atomic E-state index is -2.25. The van der Waals surface area contributed by atoms with Crippen LogP contribution in [0.1, 0.15) is 12.8 Å². The highest BCUT2D eigenvalue weighted by atomic mass is 32.2. The third-order valence-electron chi connectivity index (χ3n) is 2.01. The minimum Gasteiger partial charge on any atom is -0.317 e. The van der Waals surface area contributed by atoms with E-state index >= 15 is 0 Å². The average molecular weight is 176 g/mol. The second-order valence-corrected chi connectivity index (χ2v) is 5.71. The van der Waals surface area contributed by atoms with Crippen molar-refractivity contribution in [3.8, 4) is 0 Å². The number of nitrogens with one attached hydrogen (secondary N) is 2. The lowest BCUT2D eigenvalue weighted by molar-refractivity contribution is 0.405. The Morgan fingerprint density at radius 1 is 1.55 bits per heavy atom. The molecule has 1 saturated heterocycles. The smallest absolute Gasteiger partial charge is 0.0415 e. The lowest BCUT2D eigenvalue weighted by Gasteiger charge is -2.22. The van der Waals surface area contributed by atoms with Crippen molar-refractivity contribution in [1.29, 1.82) is 4.78 Å². The van der Waals surface area contributed by atoms with Crippen molar-refractivity contribution in [2.24, 2.45) is 5.92 Å². The van der Waals surface area contributed by atoms with E-state index in [2.05, 4.69) is 5.32 Å². The summed E-state index contributed by atoms with van der Waals surface area (Å²) in [6.45, 7) is 2.06. The maximum atomic E-state index is 11.1. The van der Waals surface area contributed by atoms with Crippen molar-refractivity contribution in [3.63, 3.8) is 0 Å². The molecule has 1 aliphatic rings. The van der Waals surface area contributed by atoms with Crippen LogP contribution in [0.3, 0.4) is 0 Å². The summed E-state index contributed by atoms with van der Waals surface area (Å²) in [4.78, 5) is 0. The highest BCUT2D eigenvalue weighted by molar-refractivity contribution is 7.91. The topological polar surface area (TPSA) is 53.0 Å². The van der Waals surface area contributed by atoms with Gasteiger partial charge in [0.15, 0.2) is 0 Å². The summed E-state index contributed by atoms with van der Waals surface area (Å²) in [5.41, 5.74) is 0. The zero-order valence-electron chi connectivity index (χ0n) is 6.93. The molecule has 1 aliphatic heterocycles. The van der Waals surface area contributed by atoms with E-state index in [9.17, 15) is 4.21 Å². The average Bonchev–Trinajstić information content (AvgIpc) is 1.85. The monoisotopic (exact) mass is 176 g/mol. The van der Waals surface area contributed by atoms with E-state index in [1.165, 1.54) is 6.26 Å². The lowest BCUT2D eigenvalue weighted by Crippen LogP contribution is -2.30. The summed E-state index contributed by atoms with van der Waals surface area (Å²) in [5, 5.41) is 3.25. The van der Waals surface area contributed by atoms with Gasteiger partial charge in [-0.05, 0) is 31.8 Å². The normalized spacial score (nSPS) is 26.3. The maximum absolute atomic E-state index is 11.1. The molecular formula is C7H16N2OS. The maximum Gasteiger partial charge on any atom is 0.0415 e. The van der Waals surface area contributed by atoms with Gasteiger partial charge in [0.05, 0.1) is 0 Å². The van der Waals surface area contributed by atoms with Crippen LogP contribution in [0.15, 0.2) is 0 Å². The van der Waals surface area contributed by atoms with E-state index in [1.54, 1.807) is 0 Å². The Bertz CT molecular complexity index is 204. The molecule has 1 atom stereocenters. The van der Waals surface area contributed by atoms with Gasteiger partial charge in [0, 0.05) is 21.7 Å². The largest absolute Gasteiger partial charge is 0.317 e. The fourth-order valence-electron chi connectivity index (χ4n) is 1.50. The first-order valence-electron chi connectivity index (χ1n) is 4.00. The summed E-state index contributed by atoms with van der Waals surface area (Å²) in [7, 11) is -2.25. The van der Waals surface area contributed by atoms with Crippen molar-refractivity contribution < 1.29 is 4.21 Å². The van der Waals surface area contributed by atoms with Gasteiger partial charge in [-0.1, -0.05) is 0 Å². The summed E-state index contributed by atoms with van der Waals surface area (Å²) >= 11 is 0. The van der Waals surface area contributed by atoms with Gasteiger partial charge in [-0.25, -0.2) is 0 Å². The molecule has 1 heterocycles. The molecular weight excluding hydrogens is 160 g/mol. The van der Waals surface area contributed by atoms with Gasteiger partial charge in [-0.2, -0.15) is 0 Å². The molecule has 0 bridgehead atoms. The Morgan fingerprint density at radius 3 is 2.55 bits per heavy atom. The zero-order valence-corrected chi connectivity index (χ0v) is 7.75. The molecule has 1 fully saturated rings. The van der Waals surface area contributed by atoms with Gasteiger partial charge in [0.1, 0.15) is 0 Å².